The smallest absolute Gasteiger partial charge is 0.319 e. The van der Waals surface area contributed by atoms with Crippen molar-refractivity contribution in [2.24, 2.45) is 0 Å². The summed E-state index contributed by atoms with van der Waals surface area (Å²) in [4.78, 5) is 19.0. The highest BCUT2D eigenvalue weighted by Gasteiger charge is 2.03. The lowest BCUT2D eigenvalue weighted by Gasteiger charge is -2.08. The standard InChI is InChI=1S/C16H15ClN4O/c17-12-3-1-2-11(8-12)6-7-18-16(22)21-13-4-5-14-15(9-13)20-10-19-14/h1-5,8-10H,6-7H2,(H,19,20)(H2,18,21,22). The number of nitrogens with zero attached hydrogens (tertiary/aromatic N) is 1. The molecule has 0 unspecified atom stereocenters. The lowest BCUT2D eigenvalue weighted by Crippen LogP contribution is -2.30. The number of aromatic amines is 1. The number of amides is 2. The van der Waals surface area contributed by atoms with E-state index in [1.165, 1.54) is 0 Å². The maximum absolute atomic E-state index is 11.9. The predicted molar refractivity (Wildman–Crippen MR) is 88.3 cm³/mol. The molecule has 2 amide bonds. The van der Waals surface area contributed by atoms with Gasteiger partial charge in [-0.2, -0.15) is 0 Å². The van der Waals surface area contributed by atoms with Gasteiger partial charge in [-0.05, 0) is 42.3 Å². The van der Waals surface area contributed by atoms with Gasteiger partial charge in [-0.3, -0.25) is 0 Å². The van der Waals surface area contributed by atoms with Crippen LogP contribution in [-0.4, -0.2) is 22.5 Å². The highest BCUT2D eigenvalue weighted by molar-refractivity contribution is 6.30. The van der Waals surface area contributed by atoms with E-state index < -0.39 is 0 Å². The summed E-state index contributed by atoms with van der Waals surface area (Å²) in [7, 11) is 0. The van der Waals surface area contributed by atoms with E-state index in [1.807, 2.05) is 42.5 Å². The monoisotopic (exact) mass is 314 g/mol. The van der Waals surface area contributed by atoms with Crippen LogP contribution >= 0.6 is 11.6 Å². The van der Waals surface area contributed by atoms with Crippen molar-refractivity contribution >= 4 is 34.4 Å². The topological polar surface area (TPSA) is 69.8 Å². The molecule has 1 aromatic heterocycles. The molecule has 6 heteroatoms. The Bertz CT molecular complexity index is 799. The Balaban J connectivity index is 1.51. The zero-order chi connectivity index (χ0) is 15.4. The minimum Gasteiger partial charge on any atom is -0.345 e. The van der Waals surface area contributed by atoms with Gasteiger partial charge in [0, 0.05) is 17.3 Å². The third-order valence-electron chi connectivity index (χ3n) is 3.27. The first-order valence-corrected chi connectivity index (χ1v) is 7.31. The maximum atomic E-state index is 11.9. The number of aromatic nitrogens is 2. The highest BCUT2D eigenvalue weighted by Crippen LogP contribution is 2.15. The molecule has 112 valence electrons. The Hall–Kier alpha value is -2.53. The molecule has 2 aromatic carbocycles. The van der Waals surface area contributed by atoms with Crippen LogP contribution in [0.5, 0.6) is 0 Å². The number of fused-ring (bicyclic) bond motifs is 1. The van der Waals surface area contributed by atoms with Crippen LogP contribution in [0, 0.1) is 0 Å². The van der Waals surface area contributed by atoms with Crippen molar-refractivity contribution < 1.29 is 4.79 Å². The number of carbonyl (C=O) groups excluding carboxylic acids is 1. The van der Waals surface area contributed by atoms with E-state index in [0.717, 1.165) is 28.7 Å². The van der Waals surface area contributed by atoms with E-state index in [1.54, 1.807) is 6.33 Å². The van der Waals surface area contributed by atoms with Gasteiger partial charge in [0.15, 0.2) is 0 Å². The van der Waals surface area contributed by atoms with Gasteiger partial charge in [-0.25, -0.2) is 9.78 Å². The molecule has 3 rings (SSSR count). The summed E-state index contributed by atoms with van der Waals surface area (Å²) >= 11 is 5.92. The molecular formula is C16H15ClN4O. The fourth-order valence-corrected chi connectivity index (χ4v) is 2.41. The van der Waals surface area contributed by atoms with Crippen molar-refractivity contribution in [3.63, 3.8) is 0 Å². The van der Waals surface area contributed by atoms with E-state index in [9.17, 15) is 4.79 Å². The SMILES string of the molecule is O=C(NCCc1cccc(Cl)c1)Nc1ccc2nc[nH]c2c1. The number of hydrogen-bond donors (Lipinski definition) is 3. The molecule has 22 heavy (non-hydrogen) atoms. The zero-order valence-corrected chi connectivity index (χ0v) is 12.5. The predicted octanol–water partition coefficient (Wildman–Crippen LogP) is 3.58. The quantitative estimate of drug-likeness (QED) is 0.689. The van der Waals surface area contributed by atoms with E-state index in [-0.39, 0.29) is 6.03 Å². The number of hydrogen-bond acceptors (Lipinski definition) is 2. The molecule has 3 N–H and O–H groups in total. The number of benzene rings is 2. The van der Waals surface area contributed by atoms with Crippen LogP contribution in [-0.2, 0) is 6.42 Å². The fourth-order valence-electron chi connectivity index (χ4n) is 2.20. The minimum absolute atomic E-state index is 0.235. The molecule has 5 nitrogen and oxygen atoms in total. The summed E-state index contributed by atoms with van der Waals surface area (Å²) in [5, 5.41) is 6.32. The van der Waals surface area contributed by atoms with Gasteiger partial charge in [-0.1, -0.05) is 23.7 Å². The highest BCUT2D eigenvalue weighted by atomic mass is 35.5. The van der Waals surface area contributed by atoms with Crippen molar-refractivity contribution in [3.05, 3.63) is 59.4 Å². The molecule has 0 radical (unpaired) electrons. The van der Waals surface area contributed by atoms with Gasteiger partial charge in [-0.15, -0.1) is 0 Å². The summed E-state index contributed by atoms with van der Waals surface area (Å²) in [6.07, 6.45) is 2.35. The fraction of sp³-hybridized carbons (Fsp3) is 0.125. The summed E-state index contributed by atoms with van der Waals surface area (Å²) in [6, 6.07) is 12.9. The molecule has 0 aliphatic carbocycles. The van der Waals surface area contributed by atoms with Crippen LogP contribution in [0.2, 0.25) is 5.02 Å². The van der Waals surface area contributed by atoms with Crippen molar-refractivity contribution in [2.45, 2.75) is 6.42 Å². The molecule has 0 saturated heterocycles. The molecule has 0 aliphatic heterocycles. The van der Waals surface area contributed by atoms with Crippen LogP contribution in [0.3, 0.4) is 0 Å². The Morgan fingerprint density at radius 3 is 3.00 bits per heavy atom. The first kappa shape index (κ1) is 14.4. The average molecular weight is 315 g/mol. The lowest BCUT2D eigenvalue weighted by atomic mass is 10.1. The van der Waals surface area contributed by atoms with Crippen molar-refractivity contribution in [1.29, 1.82) is 0 Å². The number of anilines is 1. The van der Waals surface area contributed by atoms with Gasteiger partial charge >= 0.3 is 6.03 Å². The maximum Gasteiger partial charge on any atom is 0.319 e. The van der Waals surface area contributed by atoms with Crippen molar-refractivity contribution in [2.75, 3.05) is 11.9 Å². The first-order valence-electron chi connectivity index (χ1n) is 6.93. The minimum atomic E-state index is -0.235. The molecule has 3 aromatic rings. The van der Waals surface area contributed by atoms with Crippen LogP contribution in [0.4, 0.5) is 10.5 Å². The molecule has 0 atom stereocenters. The number of nitrogens with one attached hydrogen (secondary N) is 3. The van der Waals surface area contributed by atoms with Crippen molar-refractivity contribution in [1.82, 2.24) is 15.3 Å². The summed E-state index contributed by atoms with van der Waals surface area (Å²) in [5.74, 6) is 0. The molecule has 0 aliphatic rings. The first-order chi connectivity index (χ1) is 10.7. The van der Waals surface area contributed by atoms with Crippen LogP contribution in [0.15, 0.2) is 48.8 Å². The molecule has 0 bridgehead atoms. The van der Waals surface area contributed by atoms with Crippen LogP contribution < -0.4 is 10.6 Å². The molecular weight excluding hydrogens is 300 g/mol. The van der Waals surface area contributed by atoms with Gasteiger partial charge in [0.25, 0.3) is 0 Å². The van der Waals surface area contributed by atoms with E-state index in [0.29, 0.717) is 11.6 Å². The summed E-state index contributed by atoms with van der Waals surface area (Å²) in [5.41, 5.74) is 3.56. The number of carbonyl (C=O) groups is 1. The number of urea groups is 1. The summed E-state index contributed by atoms with van der Waals surface area (Å²) in [6.45, 7) is 0.540. The number of H-pyrrole nitrogens is 1. The van der Waals surface area contributed by atoms with Gasteiger partial charge in [0.1, 0.15) is 0 Å². The van der Waals surface area contributed by atoms with Crippen molar-refractivity contribution in [3.8, 4) is 0 Å². The van der Waals surface area contributed by atoms with E-state index in [2.05, 4.69) is 20.6 Å². The van der Waals surface area contributed by atoms with Crippen LogP contribution in [0.25, 0.3) is 11.0 Å². The van der Waals surface area contributed by atoms with Gasteiger partial charge in [0.05, 0.1) is 17.4 Å². The zero-order valence-electron chi connectivity index (χ0n) is 11.8. The van der Waals surface area contributed by atoms with Gasteiger partial charge in [0.2, 0.25) is 0 Å². The molecule has 0 spiro atoms. The number of halogens is 1. The second-order valence-corrected chi connectivity index (χ2v) is 5.33. The normalized spacial score (nSPS) is 10.6. The third-order valence-corrected chi connectivity index (χ3v) is 3.50. The Morgan fingerprint density at radius 2 is 2.14 bits per heavy atom. The Morgan fingerprint density at radius 1 is 1.23 bits per heavy atom. The Kier molecular flexibility index (Phi) is 4.25. The molecule has 0 saturated carbocycles. The summed E-state index contributed by atoms with van der Waals surface area (Å²) < 4.78 is 0. The second kappa shape index (κ2) is 6.49. The largest absolute Gasteiger partial charge is 0.345 e. The van der Waals surface area contributed by atoms with Crippen LogP contribution in [0.1, 0.15) is 5.56 Å². The Labute approximate surface area is 132 Å². The number of rotatable bonds is 4. The molecule has 0 fully saturated rings. The van der Waals surface area contributed by atoms with E-state index >= 15 is 0 Å². The molecule has 1 heterocycles. The lowest BCUT2D eigenvalue weighted by molar-refractivity contribution is 0.252. The van der Waals surface area contributed by atoms with Gasteiger partial charge < -0.3 is 15.6 Å². The van der Waals surface area contributed by atoms with E-state index in [4.69, 9.17) is 11.6 Å². The average Bonchev–Trinajstić information content (AvgIpc) is 2.95. The third kappa shape index (κ3) is 3.56. The number of imidazole rings is 1. The second-order valence-electron chi connectivity index (χ2n) is 4.90.